The van der Waals surface area contributed by atoms with E-state index in [1.165, 1.54) is 30.5 Å². The number of pyridine rings is 2. The minimum Gasteiger partial charge on any atom is -0.453 e. The van der Waals surface area contributed by atoms with Crippen LogP contribution in [0.3, 0.4) is 0 Å². The summed E-state index contributed by atoms with van der Waals surface area (Å²) in [6, 6.07) is 6.78. The zero-order valence-electron chi connectivity index (χ0n) is 19.0. The van der Waals surface area contributed by atoms with Gasteiger partial charge in [0.15, 0.2) is 28.9 Å². The van der Waals surface area contributed by atoms with Crippen LogP contribution in [0.15, 0.2) is 61.6 Å². The number of alkyl halides is 3. The highest BCUT2D eigenvalue weighted by Gasteiger charge is 2.41. The highest BCUT2D eigenvalue weighted by atomic mass is 19.4. The van der Waals surface area contributed by atoms with Gasteiger partial charge in [-0.05, 0) is 42.8 Å². The Labute approximate surface area is 206 Å². The number of halogens is 5. The zero-order chi connectivity index (χ0) is 26.9. The van der Waals surface area contributed by atoms with Crippen molar-refractivity contribution < 1.29 is 31.5 Å². The number of anilines is 2. The number of hydrogen-bond donors (Lipinski definition) is 2. The molecule has 0 aliphatic carbocycles. The lowest BCUT2D eigenvalue weighted by Gasteiger charge is -2.14. The van der Waals surface area contributed by atoms with Crippen molar-refractivity contribution in [1.29, 1.82) is 0 Å². The number of nitrogen functional groups attached to an aromatic ring is 1. The topological polar surface area (TPSA) is 108 Å². The Bertz CT molecular complexity index is 1520. The smallest absolute Gasteiger partial charge is 0.434 e. The van der Waals surface area contributed by atoms with Gasteiger partial charge in [0.25, 0.3) is 5.91 Å². The summed E-state index contributed by atoms with van der Waals surface area (Å²) in [7, 11) is 0. The molecule has 3 heterocycles. The predicted octanol–water partition coefficient (Wildman–Crippen LogP) is 5.62. The molecule has 13 heteroatoms. The molecule has 4 rings (SSSR count). The molecule has 0 aliphatic heterocycles. The van der Waals surface area contributed by atoms with Crippen LogP contribution >= 0.6 is 0 Å². The van der Waals surface area contributed by atoms with Crippen molar-refractivity contribution >= 4 is 23.0 Å². The lowest BCUT2D eigenvalue weighted by atomic mass is 10.1. The fraction of sp³-hybridized carbons (Fsp3) is 0.0833. The van der Waals surface area contributed by atoms with E-state index < -0.39 is 40.8 Å². The maximum absolute atomic E-state index is 14.8. The van der Waals surface area contributed by atoms with Gasteiger partial charge in [-0.3, -0.25) is 4.79 Å². The van der Waals surface area contributed by atoms with Crippen molar-refractivity contribution in [1.82, 2.24) is 19.7 Å². The summed E-state index contributed by atoms with van der Waals surface area (Å²) >= 11 is 0. The molecular formula is C24H17F5N6O2. The second-order valence-electron chi connectivity index (χ2n) is 7.68. The third-order valence-electron chi connectivity index (χ3n) is 5.00. The van der Waals surface area contributed by atoms with Crippen molar-refractivity contribution in [3.8, 4) is 17.3 Å². The third kappa shape index (κ3) is 5.10. The fourth-order valence-electron chi connectivity index (χ4n) is 3.43. The summed E-state index contributed by atoms with van der Waals surface area (Å²) in [4.78, 5) is 20.2. The van der Waals surface area contributed by atoms with E-state index in [2.05, 4.69) is 27.0 Å². The largest absolute Gasteiger partial charge is 0.453 e. The minimum atomic E-state index is -5.09. The number of hydrogen-bond acceptors (Lipinski definition) is 6. The molecule has 0 aliphatic rings. The van der Waals surface area contributed by atoms with E-state index >= 15 is 0 Å². The summed E-state index contributed by atoms with van der Waals surface area (Å²) in [6.07, 6.45) is -2.04. The van der Waals surface area contributed by atoms with Gasteiger partial charge in [-0.15, -0.1) is 0 Å². The number of aromatic nitrogens is 4. The second-order valence-corrected chi connectivity index (χ2v) is 7.68. The Morgan fingerprint density at radius 2 is 1.84 bits per heavy atom. The summed E-state index contributed by atoms with van der Waals surface area (Å²) in [6.45, 7) is 5.45. The Balaban J connectivity index is 1.62. The Kier molecular flexibility index (Phi) is 6.62. The molecule has 0 atom stereocenters. The van der Waals surface area contributed by atoms with Gasteiger partial charge < -0.3 is 15.8 Å². The summed E-state index contributed by atoms with van der Waals surface area (Å²) in [5, 5.41) is 5.68. The van der Waals surface area contributed by atoms with Gasteiger partial charge in [0.2, 0.25) is 0 Å². The number of amides is 1. The van der Waals surface area contributed by atoms with Crippen molar-refractivity contribution in [3.63, 3.8) is 0 Å². The maximum Gasteiger partial charge on any atom is 0.434 e. The van der Waals surface area contributed by atoms with Crippen LogP contribution < -0.4 is 15.8 Å². The molecule has 3 aromatic heterocycles. The molecule has 0 fully saturated rings. The Hall–Kier alpha value is -4.81. The highest BCUT2D eigenvalue weighted by Crippen LogP contribution is 2.36. The Morgan fingerprint density at radius 1 is 1.08 bits per heavy atom. The van der Waals surface area contributed by atoms with Crippen LogP contribution in [0.4, 0.5) is 33.5 Å². The average Bonchev–Trinajstić information content (AvgIpc) is 3.27. The first kappa shape index (κ1) is 25.3. The first-order valence-electron chi connectivity index (χ1n) is 10.4. The second kappa shape index (κ2) is 9.68. The predicted molar refractivity (Wildman–Crippen MR) is 124 cm³/mol. The molecule has 0 saturated heterocycles. The van der Waals surface area contributed by atoms with Gasteiger partial charge in [0, 0.05) is 24.1 Å². The third-order valence-corrected chi connectivity index (χ3v) is 5.00. The Morgan fingerprint density at radius 3 is 2.49 bits per heavy atom. The molecule has 0 spiro atoms. The lowest BCUT2D eigenvalue weighted by Crippen LogP contribution is -2.21. The van der Waals surface area contributed by atoms with Crippen molar-refractivity contribution in [3.05, 3.63) is 90.0 Å². The fourth-order valence-corrected chi connectivity index (χ4v) is 3.43. The molecule has 8 nitrogen and oxygen atoms in total. The van der Waals surface area contributed by atoms with Crippen molar-refractivity contribution in [2.24, 2.45) is 0 Å². The van der Waals surface area contributed by atoms with E-state index in [0.717, 1.165) is 18.3 Å². The van der Waals surface area contributed by atoms with E-state index in [-0.39, 0.29) is 27.7 Å². The summed E-state index contributed by atoms with van der Waals surface area (Å²) in [5.74, 6) is -3.95. The van der Waals surface area contributed by atoms with Gasteiger partial charge in [0.1, 0.15) is 11.6 Å². The van der Waals surface area contributed by atoms with E-state index in [4.69, 9.17) is 10.5 Å². The lowest BCUT2D eigenvalue weighted by molar-refractivity contribution is -0.143. The number of nitrogens with zero attached hydrogens (tertiary/aromatic N) is 4. The number of allylic oxidation sites excluding steroid dienone is 1. The molecule has 1 amide bonds. The number of carbonyl (C=O) groups excluding carboxylic acids is 1. The van der Waals surface area contributed by atoms with E-state index in [9.17, 15) is 26.7 Å². The van der Waals surface area contributed by atoms with Crippen LogP contribution in [-0.2, 0) is 6.18 Å². The molecule has 0 radical (unpaired) electrons. The molecule has 37 heavy (non-hydrogen) atoms. The number of nitrogens with two attached hydrogens (primary N) is 1. The first-order chi connectivity index (χ1) is 17.5. The molecule has 4 aromatic rings. The van der Waals surface area contributed by atoms with Gasteiger partial charge in [-0.1, -0.05) is 6.58 Å². The van der Waals surface area contributed by atoms with Crippen LogP contribution in [0.1, 0.15) is 28.5 Å². The molecule has 3 N–H and O–H groups in total. The molecule has 0 saturated carbocycles. The molecule has 190 valence electrons. The highest BCUT2D eigenvalue weighted by molar-refractivity contribution is 6.05. The SMILES string of the molecule is C=C(C)c1c(Oc2ccc(NC(=O)c3cnn(-c4ncccc4F)c3C(F)(F)F)cc2F)ccnc1N. The van der Waals surface area contributed by atoms with Crippen LogP contribution in [0.5, 0.6) is 11.5 Å². The first-order valence-corrected chi connectivity index (χ1v) is 10.4. The van der Waals surface area contributed by atoms with E-state index in [1.807, 2.05) is 0 Å². The van der Waals surface area contributed by atoms with Crippen LogP contribution in [0.2, 0.25) is 0 Å². The molecule has 0 bridgehead atoms. The van der Waals surface area contributed by atoms with Crippen molar-refractivity contribution in [2.75, 3.05) is 11.1 Å². The number of rotatable bonds is 6. The average molecular weight is 516 g/mol. The van der Waals surface area contributed by atoms with Gasteiger partial charge in [-0.25, -0.2) is 23.4 Å². The molecular weight excluding hydrogens is 499 g/mol. The number of benzene rings is 1. The molecule has 0 unspecified atom stereocenters. The normalized spacial score (nSPS) is 11.3. The number of nitrogens with one attached hydrogen (secondary N) is 1. The van der Waals surface area contributed by atoms with Crippen LogP contribution in [0, 0.1) is 11.6 Å². The van der Waals surface area contributed by atoms with Gasteiger partial charge in [0.05, 0.1) is 17.3 Å². The van der Waals surface area contributed by atoms with Gasteiger partial charge in [-0.2, -0.15) is 18.3 Å². The number of ether oxygens (including phenoxy) is 1. The summed E-state index contributed by atoms with van der Waals surface area (Å²) < 4.78 is 76.0. The van der Waals surface area contributed by atoms with Crippen LogP contribution in [-0.4, -0.2) is 25.7 Å². The van der Waals surface area contributed by atoms with Gasteiger partial charge >= 0.3 is 6.18 Å². The minimum absolute atomic E-state index is 0.126. The maximum atomic E-state index is 14.8. The van der Waals surface area contributed by atoms with E-state index in [1.54, 1.807) is 6.92 Å². The van der Waals surface area contributed by atoms with E-state index in [0.29, 0.717) is 17.3 Å². The summed E-state index contributed by atoms with van der Waals surface area (Å²) in [5.41, 5.74) is 4.09. The van der Waals surface area contributed by atoms with Crippen LogP contribution in [0.25, 0.3) is 11.4 Å². The monoisotopic (exact) mass is 516 g/mol. The zero-order valence-corrected chi connectivity index (χ0v) is 19.0. The quantitative estimate of drug-likeness (QED) is 0.322. The molecule has 1 aromatic carbocycles. The van der Waals surface area contributed by atoms with Crippen molar-refractivity contribution in [2.45, 2.75) is 13.1 Å². The number of carbonyl (C=O) groups is 1. The standard InChI is InChI=1S/C24H17F5N6O2/c1-12(2)19-18(7-9-31-21(19)30)37-17-6-5-13(10-16(17)26)34-23(36)14-11-33-35(20(14)24(27,28)29)22-15(25)4-3-8-32-22/h3-11H,1H2,2H3,(H2,30,31)(H,34,36).